The minimum Gasteiger partial charge on any atom is -0.369 e. The molecule has 1 heterocycles. The molecule has 0 fully saturated rings. The van der Waals surface area contributed by atoms with E-state index in [4.69, 9.17) is 17.3 Å². The van der Waals surface area contributed by atoms with E-state index in [2.05, 4.69) is 4.98 Å². The summed E-state index contributed by atoms with van der Waals surface area (Å²) in [5, 5.41) is 0.737. The summed E-state index contributed by atoms with van der Waals surface area (Å²) in [6, 6.07) is 7.69. The van der Waals surface area contributed by atoms with Crippen molar-refractivity contribution in [2.45, 2.75) is 6.54 Å². The number of anilines is 1. The fourth-order valence-corrected chi connectivity index (χ4v) is 1.52. The number of rotatable bonds is 2. The van der Waals surface area contributed by atoms with Crippen LogP contribution in [0.25, 0.3) is 0 Å². The van der Waals surface area contributed by atoms with E-state index in [1.807, 2.05) is 35.0 Å². The summed E-state index contributed by atoms with van der Waals surface area (Å²) in [4.78, 5) is 3.94. The molecule has 0 spiro atoms. The van der Waals surface area contributed by atoms with E-state index in [1.165, 1.54) is 0 Å². The van der Waals surface area contributed by atoms with Gasteiger partial charge in [-0.2, -0.15) is 0 Å². The molecule has 14 heavy (non-hydrogen) atoms. The third kappa shape index (κ3) is 1.88. The molecule has 0 unspecified atom stereocenters. The number of imidazole rings is 1. The van der Waals surface area contributed by atoms with Crippen LogP contribution in [-0.2, 0) is 6.54 Å². The van der Waals surface area contributed by atoms with Gasteiger partial charge in [0.1, 0.15) is 0 Å². The Morgan fingerprint density at radius 1 is 1.43 bits per heavy atom. The molecular formula is C10H10ClN3. The van der Waals surface area contributed by atoms with Crippen LogP contribution < -0.4 is 5.73 Å². The lowest BCUT2D eigenvalue weighted by atomic mass is 10.2. The Morgan fingerprint density at radius 3 is 2.93 bits per heavy atom. The fraction of sp³-hybridized carbons (Fsp3) is 0.100. The summed E-state index contributed by atoms with van der Waals surface area (Å²) < 4.78 is 1.87. The molecular weight excluding hydrogens is 198 g/mol. The number of hydrogen-bond donors (Lipinski definition) is 1. The van der Waals surface area contributed by atoms with Crippen LogP contribution in [0.2, 0.25) is 5.02 Å². The van der Waals surface area contributed by atoms with Gasteiger partial charge in [0.05, 0.1) is 6.54 Å². The Bertz CT molecular complexity index is 436. The molecule has 1 aromatic heterocycles. The van der Waals surface area contributed by atoms with Gasteiger partial charge in [0.25, 0.3) is 0 Å². The van der Waals surface area contributed by atoms with Crippen molar-refractivity contribution >= 4 is 17.5 Å². The van der Waals surface area contributed by atoms with Crippen LogP contribution >= 0.6 is 11.6 Å². The predicted molar refractivity (Wildman–Crippen MR) is 57.2 cm³/mol. The van der Waals surface area contributed by atoms with Crippen molar-refractivity contribution in [1.82, 2.24) is 9.55 Å². The van der Waals surface area contributed by atoms with Gasteiger partial charge in [-0.15, -0.1) is 0 Å². The molecule has 0 atom stereocenters. The Kier molecular flexibility index (Phi) is 2.41. The van der Waals surface area contributed by atoms with Crippen molar-refractivity contribution in [3.63, 3.8) is 0 Å². The summed E-state index contributed by atoms with van der Waals surface area (Å²) in [6.45, 7) is 0.701. The maximum Gasteiger partial charge on any atom is 0.200 e. The first-order valence-corrected chi connectivity index (χ1v) is 4.64. The number of aromatic nitrogens is 2. The lowest BCUT2D eigenvalue weighted by molar-refractivity contribution is 0.811. The van der Waals surface area contributed by atoms with Gasteiger partial charge >= 0.3 is 0 Å². The molecule has 0 amide bonds. The van der Waals surface area contributed by atoms with Crippen LogP contribution in [0.1, 0.15) is 5.56 Å². The standard InChI is InChI=1S/C10H10ClN3/c11-9-3-1-2-8(6-9)7-14-5-4-13-10(14)12/h1-6H,7H2,(H2,12,13). The lowest BCUT2D eigenvalue weighted by Crippen LogP contribution is -2.03. The molecule has 0 aliphatic heterocycles. The minimum atomic E-state index is 0.518. The van der Waals surface area contributed by atoms with E-state index in [1.54, 1.807) is 6.20 Å². The zero-order valence-corrected chi connectivity index (χ0v) is 8.28. The van der Waals surface area contributed by atoms with Crippen LogP contribution in [-0.4, -0.2) is 9.55 Å². The second-order valence-corrected chi connectivity index (χ2v) is 3.48. The highest BCUT2D eigenvalue weighted by molar-refractivity contribution is 6.30. The molecule has 0 saturated carbocycles. The van der Waals surface area contributed by atoms with Gasteiger partial charge in [0.2, 0.25) is 0 Å². The van der Waals surface area contributed by atoms with Crippen molar-refractivity contribution in [1.29, 1.82) is 0 Å². The summed E-state index contributed by atoms with van der Waals surface area (Å²) in [5.74, 6) is 0.518. The molecule has 0 aliphatic rings. The van der Waals surface area contributed by atoms with E-state index < -0.39 is 0 Å². The topological polar surface area (TPSA) is 43.8 Å². The summed E-state index contributed by atoms with van der Waals surface area (Å²) in [6.07, 6.45) is 3.52. The molecule has 72 valence electrons. The third-order valence-electron chi connectivity index (χ3n) is 1.99. The first kappa shape index (κ1) is 9.09. The number of hydrogen-bond acceptors (Lipinski definition) is 2. The normalized spacial score (nSPS) is 10.4. The van der Waals surface area contributed by atoms with Crippen molar-refractivity contribution in [3.8, 4) is 0 Å². The highest BCUT2D eigenvalue weighted by Gasteiger charge is 1.99. The highest BCUT2D eigenvalue weighted by Crippen LogP contribution is 2.12. The molecule has 0 saturated heterocycles. The summed E-state index contributed by atoms with van der Waals surface area (Å²) >= 11 is 5.87. The van der Waals surface area contributed by atoms with Gasteiger partial charge < -0.3 is 10.3 Å². The Hall–Kier alpha value is -1.48. The van der Waals surface area contributed by atoms with Gasteiger partial charge in [0.15, 0.2) is 5.95 Å². The smallest absolute Gasteiger partial charge is 0.200 e. The number of halogens is 1. The van der Waals surface area contributed by atoms with Gasteiger partial charge in [-0.3, -0.25) is 0 Å². The summed E-state index contributed by atoms with van der Waals surface area (Å²) in [5.41, 5.74) is 6.76. The van der Waals surface area contributed by atoms with Crippen LogP contribution in [0.5, 0.6) is 0 Å². The van der Waals surface area contributed by atoms with E-state index >= 15 is 0 Å². The maximum absolute atomic E-state index is 5.87. The van der Waals surface area contributed by atoms with Gasteiger partial charge in [0, 0.05) is 17.4 Å². The van der Waals surface area contributed by atoms with Crippen LogP contribution in [0.3, 0.4) is 0 Å². The number of nitrogens with zero attached hydrogens (tertiary/aromatic N) is 2. The SMILES string of the molecule is Nc1nccn1Cc1cccc(Cl)c1. The predicted octanol–water partition coefficient (Wildman–Crippen LogP) is 2.17. The fourth-order valence-electron chi connectivity index (χ4n) is 1.31. The van der Waals surface area contributed by atoms with Crippen LogP contribution in [0.4, 0.5) is 5.95 Å². The number of benzene rings is 1. The first-order valence-electron chi connectivity index (χ1n) is 4.27. The van der Waals surface area contributed by atoms with Crippen LogP contribution in [0.15, 0.2) is 36.7 Å². The monoisotopic (exact) mass is 207 g/mol. The average molecular weight is 208 g/mol. The largest absolute Gasteiger partial charge is 0.369 e. The third-order valence-corrected chi connectivity index (χ3v) is 2.22. The quantitative estimate of drug-likeness (QED) is 0.820. The van der Waals surface area contributed by atoms with Gasteiger partial charge in [-0.05, 0) is 17.7 Å². The Balaban J connectivity index is 2.23. The zero-order valence-electron chi connectivity index (χ0n) is 7.52. The molecule has 3 nitrogen and oxygen atoms in total. The lowest BCUT2D eigenvalue weighted by Gasteiger charge is -2.04. The molecule has 0 radical (unpaired) electrons. The first-order chi connectivity index (χ1) is 6.75. The maximum atomic E-state index is 5.87. The summed E-state index contributed by atoms with van der Waals surface area (Å²) in [7, 11) is 0. The molecule has 2 N–H and O–H groups in total. The molecule has 2 rings (SSSR count). The minimum absolute atomic E-state index is 0.518. The molecule has 0 bridgehead atoms. The van der Waals surface area contributed by atoms with Crippen molar-refractivity contribution in [2.24, 2.45) is 0 Å². The van der Waals surface area contributed by atoms with E-state index in [0.717, 1.165) is 10.6 Å². The van der Waals surface area contributed by atoms with Gasteiger partial charge in [-0.25, -0.2) is 4.98 Å². The van der Waals surface area contributed by atoms with Gasteiger partial charge in [-0.1, -0.05) is 23.7 Å². The van der Waals surface area contributed by atoms with Crippen LogP contribution in [0, 0.1) is 0 Å². The molecule has 2 aromatic rings. The van der Waals surface area contributed by atoms with Crippen molar-refractivity contribution < 1.29 is 0 Å². The van der Waals surface area contributed by atoms with E-state index in [0.29, 0.717) is 12.5 Å². The molecule has 1 aromatic carbocycles. The second-order valence-electron chi connectivity index (χ2n) is 3.04. The van der Waals surface area contributed by atoms with Crippen molar-refractivity contribution in [3.05, 3.63) is 47.2 Å². The molecule has 0 aliphatic carbocycles. The number of nitrogen functional groups attached to an aromatic ring is 1. The van der Waals surface area contributed by atoms with E-state index in [9.17, 15) is 0 Å². The highest BCUT2D eigenvalue weighted by atomic mass is 35.5. The Labute approximate surface area is 87.1 Å². The number of nitrogens with two attached hydrogens (primary N) is 1. The van der Waals surface area contributed by atoms with Crippen molar-refractivity contribution in [2.75, 3.05) is 5.73 Å². The molecule has 4 heteroatoms. The Morgan fingerprint density at radius 2 is 2.29 bits per heavy atom. The average Bonchev–Trinajstić information content (AvgIpc) is 2.52. The zero-order chi connectivity index (χ0) is 9.97. The second kappa shape index (κ2) is 3.72. The van der Waals surface area contributed by atoms with E-state index in [-0.39, 0.29) is 0 Å².